The van der Waals surface area contributed by atoms with Crippen LogP contribution in [0, 0.1) is 5.92 Å². The molecule has 0 bridgehead atoms. The van der Waals surface area contributed by atoms with Crippen LogP contribution in [-0.2, 0) is 16.6 Å². The van der Waals surface area contributed by atoms with Gasteiger partial charge in [0.15, 0.2) is 0 Å². The fourth-order valence-corrected chi connectivity index (χ4v) is 4.47. The van der Waals surface area contributed by atoms with Gasteiger partial charge in [-0.05, 0) is 36.5 Å². The van der Waals surface area contributed by atoms with Crippen molar-refractivity contribution in [2.24, 2.45) is 11.7 Å². The molecule has 0 heterocycles. The van der Waals surface area contributed by atoms with Crippen LogP contribution in [0.4, 0.5) is 0 Å². The van der Waals surface area contributed by atoms with Crippen molar-refractivity contribution in [3.63, 3.8) is 0 Å². The summed E-state index contributed by atoms with van der Waals surface area (Å²) < 4.78 is 27.4. The van der Waals surface area contributed by atoms with Crippen LogP contribution in [0.25, 0.3) is 0 Å². The number of sulfonamides is 1. The first kappa shape index (κ1) is 16.0. The van der Waals surface area contributed by atoms with Crippen molar-refractivity contribution in [3.05, 3.63) is 27.7 Å². The Kier molecular flexibility index (Phi) is 4.97. The Balaban J connectivity index is 2.22. The van der Waals surface area contributed by atoms with E-state index in [1.54, 1.807) is 0 Å². The molecule has 0 aliphatic heterocycles. The first-order valence-corrected chi connectivity index (χ1v) is 8.83. The van der Waals surface area contributed by atoms with E-state index in [2.05, 4.69) is 11.6 Å². The molecule has 0 radical (unpaired) electrons. The normalized spacial score (nSPS) is 22.0. The molecule has 1 aromatic rings. The van der Waals surface area contributed by atoms with Gasteiger partial charge in [0.2, 0.25) is 10.0 Å². The SMILES string of the molecule is CCCC1CC1NS(=O)(=O)c1cc(CN)c(Cl)cc1Cl. The van der Waals surface area contributed by atoms with E-state index in [0.717, 1.165) is 19.3 Å². The van der Waals surface area contributed by atoms with Gasteiger partial charge in [-0.3, -0.25) is 0 Å². The van der Waals surface area contributed by atoms with Gasteiger partial charge in [-0.1, -0.05) is 36.5 Å². The minimum atomic E-state index is -3.62. The second-order valence-electron chi connectivity index (χ2n) is 5.09. The Hall–Kier alpha value is -0.330. The van der Waals surface area contributed by atoms with E-state index in [1.165, 1.54) is 12.1 Å². The van der Waals surface area contributed by atoms with Crippen molar-refractivity contribution >= 4 is 33.2 Å². The topological polar surface area (TPSA) is 72.2 Å². The summed E-state index contributed by atoms with van der Waals surface area (Å²) in [6.45, 7) is 2.26. The Morgan fingerprint density at radius 2 is 2.05 bits per heavy atom. The highest BCUT2D eigenvalue weighted by molar-refractivity contribution is 7.89. The Bertz CT molecular complexity index is 605. The Morgan fingerprint density at radius 3 is 2.65 bits per heavy atom. The highest BCUT2D eigenvalue weighted by Crippen LogP contribution is 2.37. The number of hydrogen-bond acceptors (Lipinski definition) is 3. The second kappa shape index (κ2) is 6.20. The lowest BCUT2D eigenvalue weighted by Gasteiger charge is -2.11. The maximum absolute atomic E-state index is 12.4. The summed E-state index contributed by atoms with van der Waals surface area (Å²) in [6, 6.07) is 2.90. The quantitative estimate of drug-likeness (QED) is 0.838. The number of benzene rings is 1. The molecule has 4 nitrogen and oxygen atoms in total. The molecule has 1 aliphatic rings. The van der Waals surface area contributed by atoms with Crippen molar-refractivity contribution < 1.29 is 8.42 Å². The maximum Gasteiger partial charge on any atom is 0.242 e. The van der Waals surface area contributed by atoms with Crippen LogP contribution < -0.4 is 10.5 Å². The average Bonchev–Trinajstić information content (AvgIpc) is 3.06. The van der Waals surface area contributed by atoms with Crippen molar-refractivity contribution in [3.8, 4) is 0 Å². The summed E-state index contributed by atoms with van der Waals surface area (Å²) in [7, 11) is -3.62. The zero-order chi connectivity index (χ0) is 14.9. The van der Waals surface area contributed by atoms with Crippen molar-refractivity contribution in [1.29, 1.82) is 0 Å². The van der Waals surface area contributed by atoms with Gasteiger partial charge in [-0.15, -0.1) is 0 Å². The number of rotatable bonds is 6. The number of hydrogen-bond donors (Lipinski definition) is 2. The number of nitrogens with one attached hydrogen (secondary N) is 1. The molecule has 0 saturated heterocycles. The van der Waals surface area contributed by atoms with E-state index in [-0.39, 0.29) is 22.5 Å². The van der Waals surface area contributed by atoms with Gasteiger partial charge in [0.1, 0.15) is 4.90 Å². The van der Waals surface area contributed by atoms with Gasteiger partial charge in [-0.2, -0.15) is 0 Å². The van der Waals surface area contributed by atoms with Gasteiger partial charge in [0, 0.05) is 17.6 Å². The van der Waals surface area contributed by atoms with Crippen LogP contribution in [0.3, 0.4) is 0 Å². The molecule has 0 aromatic heterocycles. The molecule has 112 valence electrons. The average molecular weight is 337 g/mol. The number of nitrogens with two attached hydrogens (primary N) is 1. The Morgan fingerprint density at radius 1 is 1.35 bits per heavy atom. The largest absolute Gasteiger partial charge is 0.326 e. The molecule has 20 heavy (non-hydrogen) atoms. The summed E-state index contributed by atoms with van der Waals surface area (Å²) in [5.74, 6) is 0.440. The lowest BCUT2D eigenvalue weighted by molar-refractivity contribution is 0.573. The summed E-state index contributed by atoms with van der Waals surface area (Å²) in [4.78, 5) is 0.0474. The molecule has 1 saturated carbocycles. The standard InChI is InChI=1S/C13H18Cl2N2O2S/c1-2-3-8-4-12(8)17-20(18,19)13-5-9(7-16)10(14)6-11(13)15/h5-6,8,12,17H,2-4,7,16H2,1H3. The zero-order valence-corrected chi connectivity index (χ0v) is 13.5. The molecule has 2 rings (SSSR count). The summed E-state index contributed by atoms with van der Waals surface area (Å²) >= 11 is 12.0. The highest BCUT2D eigenvalue weighted by atomic mass is 35.5. The van der Waals surface area contributed by atoms with Crippen molar-refractivity contribution in [2.75, 3.05) is 0 Å². The third kappa shape index (κ3) is 3.46. The van der Waals surface area contributed by atoms with Crippen LogP contribution in [0.2, 0.25) is 10.0 Å². The number of halogens is 2. The molecule has 1 fully saturated rings. The van der Waals surface area contributed by atoms with Crippen LogP contribution in [0.5, 0.6) is 0 Å². The van der Waals surface area contributed by atoms with E-state index in [1.807, 2.05) is 0 Å². The van der Waals surface area contributed by atoms with Crippen molar-refractivity contribution in [1.82, 2.24) is 4.72 Å². The first-order valence-electron chi connectivity index (χ1n) is 6.59. The van der Waals surface area contributed by atoms with Gasteiger partial charge in [-0.25, -0.2) is 13.1 Å². The monoisotopic (exact) mass is 336 g/mol. The molecule has 0 spiro atoms. The van der Waals surface area contributed by atoms with E-state index in [4.69, 9.17) is 28.9 Å². The minimum absolute atomic E-state index is 0.0213. The van der Waals surface area contributed by atoms with E-state index >= 15 is 0 Å². The molecule has 2 unspecified atom stereocenters. The first-order chi connectivity index (χ1) is 9.39. The fourth-order valence-electron chi connectivity index (χ4n) is 2.28. The molecule has 2 atom stereocenters. The van der Waals surface area contributed by atoms with Gasteiger partial charge >= 0.3 is 0 Å². The van der Waals surface area contributed by atoms with Gasteiger partial charge < -0.3 is 5.73 Å². The van der Waals surface area contributed by atoms with E-state index in [9.17, 15) is 8.42 Å². The van der Waals surface area contributed by atoms with Crippen LogP contribution in [0.1, 0.15) is 31.7 Å². The fraction of sp³-hybridized carbons (Fsp3) is 0.538. The lowest BCUT2D eigenvalue weighted by Crippen LogP contribution is -2.27. The van der Waals surface area contributed by atoms with E-state index < -0.39 is 10.0 Å². The Labute approximate surface area is 129 Å². The smallest absolute Gasteiger partial charge is 0.242 e. The molecule has 7 heteroatoms. The van der Waals surface area contributed by atoms with Gasteiger partial charge in [0.05, 0.1) is 5.02 Å². The maximum atomic E-state index is 12.4. The summed E-state index contributed by atoms with van der Waals surface area (Å²) in [6.07, 6.45) is 2.99. The molecule has 1 aliphatic carbocycles. The second-order valence-corrected chi connectivity index (χ2v) is 7.59. The molecular formula is C13H18Cl2N2O2S. The molecular weight excluding hydrogens is 319 g/mol. The van der Waals surface area contributed by atoms with Crippen LogP contribution in [0.15, 0.2) is 17.0 Å². The predicted octanol–water partition coefficient (Wildman–Crippen LogP) is 2.92. The van der Waals surface area contributed by atoms with Gasteiger partial charge in [0.25, 0.3) is 0 Å². The van der Waals surface area contributed by atoms with Crippen molar-refractivity contribution in [2.45, 2.75) is 43.7 Å². The predicted molar refractivity (Wildman–Crippen MR) is 81.5 cm³/mol. The lowest BCUT2D eigenvalue weighted by atomic mass is 10.2. The minimum Gasteiger partial charge on any atom is -0.326 e. The summed E-state index contributed by atoms with van der Waals surface area (Å²) in [5, 5.41) is 0.499. The third-order valence-electron chi connectivity index (χ3n) is 3.50. The highest BCUT2D eigenvalue weighted by Gasteiger charge is 2.39. The third-order valence-corrected chi connectivity index (χ3v) is 5.81. The summed E-state index contributed by atoms with van der Waals surface area (Å²) in [5.41, 5.74) is 6.11. The van der Waals surface area contributed by atoms with E-state index in [0.29, 0.717) is 16.5 Å². The zero-order valence-electron chi connectivity index (χ0n) is 11.2. The van der Waals surface area contributed by atoms with Crippen LogP contribution >= 0.6 is 23.2 Å². The molecule has 3 N–H and O–H groups in total. The van der Waals surface area contributed by atoms with Crippen LogP contribution in [-0.4, -0.2) is 14.5 Å². The molecule has 0 amide bonds. The molecule has 1 aromatic carbocycles.